The topological polar surface area (TPSA) is 85.8 Å². The number of nitrogens with zero attached hydrogens (tertiary/aromatic N) is 3. The molecule has 0 atom stereocenters. The number of hydrogen-bond acceptors (Lipinski definition) is 4. The van der Waals surface area contributed by atoms with Gasteiger partial charge in [-0.25, -0.2) is 9.97 Å². The lowest BCUT2D eigenvalue weighted by molar-refractivity contribution is 0.0994. The molecule has 2 heterocycles. The van der Waals surface area contributed by atoms with Crippen LogP contribution in [-0.4, -0.2) is 27.5 Å². The van der Waals surface area contributed by atoms with Crippen molar-refractivity contribution < 1.29 is 4.79 Å². The van der Waals surface area contributed by atoms with Crippen LogP contribution < -0.4 is 11.1 Å². The molecule has 0 fully saturated rings. The van der Waals surface area contributed by atoms with Crippen molar-refractivity contribution in [3.8, 4) is 16.9 Å². The number of carbonyl (C=O) groups excluding carboxylic acids is 1. The first-order valence-electron chi connectivity index (χ1n) is 7.84. The van der Waals surface area contributed by atoms with Crippen LogP contribution in [0.15, 0.2) is 42.9 Å². The van der Waals surface area contributed by atoms with Gasteiger partial charge >= 0.3 is 0 Å². The molecule has 0 radical (unpaired) electrons. The van der Waals surface area contributed by atoms with E-state index in [1.807, 2.05) is 37.4 Å². The maximum Gasteiger partial charge on any atom is 0.265 e. The summed E-state index contributed by atoms with van der Waals surface area (Å²) in [5.74, 6) is 0.173. The summed E-state index contributed by atoms with van der Waals surface area (Å²) in [6.07, 6.45) is 4.11. The van der Waals surface area contributed by atoms with Crippen LogP contribution in [0.2, 0.25) is 5.02 Å². The summed E-state index contributed by atoms with van der Waals surface area (Å²) in [7, 11) is 1.78. The van der Waals surface area contributed by atoms with Crippen molar-refractivity contribution in [2.24, 2.45) is 5.73 Å². The SMILES string of the molecule is CCc1ccc(Cl)cc1-n1cc(-c2cc(NC)ncn2)cc1C(N)=O. The first kappa shape index (κ1) is 17.0. The van der Waals surface area contributed by atoms with Crippen LogP contribution in [0.3, 0.4) is 0 Å². The summed E-state index contributed by atoms with van der Waals surface area (Å²) in [6.45, 7) is 2.05. The summed E-state index contributed by atoms with van der Waals surface area (Å²) >= 11 is 6.16. The number of nitrogens with two attached hydrogens (primary N) is 1. The Labute approximate surface area is 150 Å². The zero-order chi connectivity index (χ0) is 18.0. The number of nitrogens with one attached hydrogen (secondary N) is 1. The van der Waals surface area contributed by atoms with Crippen LogP contribution in [0, 0.1) is 0 Å². The Morgan fingerprint density at radius 2 is 2.08 bits per heavy atom. The van der Waals surface area contributed by atoms with E-state index in [1.165, 1.54) is 6.33 Å². The molecular formula is C18H18ClN5O. The third-order valence-electron chi connectivity index (χ3n) is 3.98. The van der Waals surface area contributed by atoms with E-state index in [0.29, 0.717) is 22.2 Å². The van der Waals surface area contributed by atoms with E-state index in [1.54, 1.807) is 17.7 Å². The molecule has 0 aliphatic rings. The first-order chi connectivity index (χ1) is 12.0. The van der Waals surface area contributed by atoms with Gasteiger partial charge in [0.05, 0.1) is 11.4 Å². The highest BCUT2D eigenvalue weighted by Crippen LogP contribution is 2.28. The number of rotatable bonds is 5. The highest BCUT2D eigenvalue weighted by molar-refractivity contribution is 6.30. The van der Waals surface area contributed by atoms with Gasteiger partial charge in [0.1, 0.15) is 17.8 Å². The normalized spacial score (nSPS) is 10.7. The second-order valence-corrected chi connectivity index (χ2v) is 5.95. The number of anilines is 1. The van der Waals surface area contributed by atoms with Crippen LogP contribution >= 0.6 is 11.6 Å². The fraction of sp³-hybridized carbons (Fsp3) is 0.167. The predicted molar refractivity (Wildman–Crippen MR) is 99.2 cm³/mol. The van der Waals surface area contributed by atoms with E-state index in [2.05, 4.69) is 15.3 Å². The second kappa shape index (κ2) is 6.94. The largest absolute Gasteiger partial charge is 0.373 e. The van der Waals surface area contributed by atoms with Crippen LogP contribution in [-0.2, 0) is 6.42 Å². The Morgan fingerprint density at radius 1 is 1.28 bits per heavy atom. The number of aryl methyl sites for hydroxylation is 1. The van der Waals surface area contributed by atoms with E-state index in [9.17, 15) is 4.79 Å². The number of halogens is 1. The van der Waals surface area contributed by atoms with Gasteiger partial charge in [0.2, 0.25) is 0 Å². The molecule has 0 saturated heterocycles. The Kier molecular flexibility index (Phi) is 4.72. The van der Waals surface area contributed by atoms with Crippen molar-refractivity contribution in [2.45, 2.75) is 13.3 Å². The van der Waals surface area contributed by atoms with Crippen LogP contribution in [0.1, 0.15) is 23.0 Å². The Hall–Kier alpha value is -2.86. The molecule has 3 rings (SSSR count). The lowest BCUT2D eigenvalue weighted by atomic mass is 10.1. The zero-order valence-electron chi connectivity index (χ0n) is 14.0. The molecule has 25 heavy (non-hydrogen) atoms. The smallest absolute Gasteiger partial charge is 0.265 e. The van der Waals surface area contributed by atoms with Crippen LogP contribution in [0.4, 0.5) is 5.82 Å². The molecule has 1 aromatic carbocycles. The average Bonchev–Trinajstić information content (AvgIpc) is 3.07. The van der Waals surface area contributed by atoms with E-state index < -0.39 is 5.91 Å². The Bertz CT molecular complexity index is 935. The molecular weight excluding hydrogens is 338 g/mol. The maximum absolute atomic E-state index is 12.0. The number of hydrogen-bond donors (Lipinski definition) is 2. The van der Waals surface area contributed by atoms with Gasteiger partial charge in [0, 0.05) is 29.9 Å². The standard InChI is InChI=1S/C18H18ClN5O/c1-3-11-4-5-13(19)7-15(11)24-9-12(6-16(24)18(20)25)14-8-17(21-2)23-10-22-14/h4-10H,3H2,1-2H3,(H2,20,25)(H,21,22,23). The molecule has 0 aliphatic heterocycles. The van der Waals surface area contributed by atoms with Gasteiger partial charge in [-0.3, -0.25) is 4.79 Å². The monoisotopic (exact) mass is 355 g/mol. The molecule has 3 N–H and O–H groups in total. The van der Waals surface area contributed by atoms with Crippen molar-refractivity contribution >= 4 is 23.3 Å². The van der Waals surface area contributed by atoms with Gasteiger partial charge in [-0.2, -0.15) is 0 Å². The van der Waals surface area contributed by atoms with Crippen molar-refractivity contribution in [3.05, 3.63) is 59.1 Å². The molecule has 3 aromatic rings. The van der Waals surface area contributed by atoms with E-state index >= 15 is 0 Å². The van der Waals surface area contributed by atoms with Crippen molar-refractivity contribution in [3.63, 3.8) is 0 Å². The fourth-order valence-corrected chi connectivity index (χ4v) is 2.87. The third-order valence-corrected chi connectivity index (χ3v) is 4.21. The molecule has 128 valence electrons. The number of benzene rings is 1. The average molecular weight is 356 g/mol. The minimum Gasteiger partial charge on any atom is -0.373 e. The highest BCUT2D eigenvalue weighted by atomic mass is 35.5. The number of amides is 1. The second-order valence-electron chi connectivity index (χ2n) is 5.51. The molecule has 0 bridgehead atoms. The van der Waals surface area contributed by atoms with Crippen molar-refractivity contribution in [1.29, 1.82) is 0 Å². The van der Waals surface area contributed by atoms with Crippen LogP contribution in [0.5, 0.6) is 0 Å². The third kappa shape index (κ3) is 3.34. The summed E-state index contributed by atoms with van der Waals surface area (Å²) in [6, 6.07) is 9.15. The summed E-state index contributed by atoms with van der Waals surface area (Å²) in [5, 5.41) is 3.57. The minimum atomic E-state index is -0.517. The lowest BCUT2D eigenvalue weighted by Gasteiger charge is -2.12. The minimum absolute atomic E-state index is 0.372. The van der Waals surface area contributed by atoms with E-state index in [0.717, 1.165) is 23.2 Å². The highest BCUT2D eigenvalue weighted by Gasteiger charge is 2.16. The molecule has 0 spiro atoms. The Balaban J connectivity index is 2.19. The molecule has 0 unspecified atom stereocenters. The molecule has 6 nitrogen and oxygen atoms in total. The molecule has 1 amide bonds. The molecule has 7 heteroatoms. The number of carbonyl (C=O) groups is 1. The van der Waals surface area contributed by atoms with Crippen LogP contribution in [0.25, 0.3) is 16.9 Å². The van der Waals surface area contributed by atoms with E-state index in [-0.39, 0.29) is 0 Å². The van der Waals surface area contributed by atoms with Gasteiger partial charge in [-0.1, -0.05) is 24.6 Å². The summed E-state index contributed by atoms with van der Waals surface area (Å²) in [5.41, 5.74) is 9.33. The van der Waals surface area contributed by atoms with Crippen molar-refractivity contribution in [1.82, 2.24) is 14.5 Å². The molecule has 0 aliphatic carbocycles. The fourth-order valence-electron chi connectivity index (χ4n) is 2.70. The Morgan fingerprint density at radius 3 is 2.76 bits per heavy atom. The van der Waals surface area contributed by atoms with Gasteiger partial charge < -0.3 is 15.6 Å². The molecule has 0 saturated carbocycles. The van der Waals surface area contributed by atoms with Gasteiger partial charge in [0.25, 0.3) is 5.91 Å². The van der Waals surface area contributed by atoms with Gasteiger partial charge in [0.15, 0.2) is 0 Å². The van der Waals surface area contributed by atoms with E-state index in [4.69, 9.17) is 17.3 Å². The number of aromatic nitrogens is 3. The predicted octanol–water partition coefficient (Wildman–Crippen LogP) is 3.29. The zero-order valence-corrected chi connectivity index (χ0v) is 14.7. The van der Waals surface area contributed by atoms with Gasteiger partial charge in [-0.15, -0.1) is 0 Å². The first-order valence-corrected chi connectivity index (χ1v) is 8.22. The number of primary amides is 1. The summed E-state index contributed by atoms with van der Waals surface area (Å²) in [4.78, 5) is 20.4. The summed E-state index contributed by atoms with van der Waals surface area (Å²) < 4.78 is 1.77. The lowest BCUT2D eigenvalue weighted by Crippen LogP contribution is -2.16. The maximum atomic E-state index is 12.0. The van der Waals surface area contributed by atoms with Gasteiger partial charge in [-0.05, 0) is 30.2 Å². The molecule has 2 aromatic heterocycles. The quantitative estimate of drug-likeness (QED) is 0.735. The van der Waals surface area contributed by atoms with Crippen molar-refractivity contribution in [2.75, 3.05) is 12.4 Å².